The number of methoxy groups -OCH3 is 1. The normalized spacial score (nSPS) is 11.0. The van der Waals surface area contributed by atoms with Crippen molar-refractivity contribution in [3.05, 3.63) is 59.7 Å². The number of ether oxygens (including phenoxy) is 2. The van der Waals surface area contributed by atoms with Crippen molar-refractivity contribution in [2.45, 2.75) is 6.18 Å². The Bertz CT molecular complexity index is 667. The topological polar surface area (TPSA) is 47.6 Å². The Labute approximate surface area is 137 Å². The average molecular weight is 339 g/mol. The van der Waals surface area contributed by atoms with Crippen molar-refractivity contribution in [3.8, 4) is 11.5 Å². The van der Waals surface area contributed by atoms with Gasteiger partial charge in [0.05, 0.1) is 19.2 Å². The molecule has 0 spiro atoms. The molecule has 1 N–H and O–H groups in total. The van der Waals surface area contributed by atoms with E-state index in [2.05, 4.69) is 5.32 Å². The maximum Gasteiger partial charge on any atom is 0.416 e. The molecule has 0 heterocycles. The van der Waals surface area contributed by atoms with Crippen molar-refractivity contribution in [3.63, 3.8) is 0 Å². The Kier molecular flexibility index (Phi) is 5.68. The highest BCUT2D eigenvalue weighted by Gasteiger charge is 2.30. The Morgan fingerprint density at radius 1 is 1.00 bits per heavy atom. The Balaban J connectivity index is 1.78. The third-order valence-corrected chi connectivity index (χ3v) is 3.19. The lowest BCUT2D eigenvalue weighted by molar-refractivity contribution is -0.137. The number of benzene rings is 2. The third-order valence-electron chi connectivity index (χ3n) is 3.19. The van der Waals surface area contributed by atoms with Gasteiger partial charge in [0.1, 0.15) is 18.1 Å². The molecule has 2 rings (SSSR count). The average Bonchev–Trinajstić information content (AvgIpc) is 2.58. The highest BCUT2D eigenvalue weighted by Crippen LogP contribution is 2.29. The molecule has 0 unspecified atom stereocenters. The molecule has 0 bridgehead atoms. The highest BCUT2D eigenvalue weighted by atomic mass is 19.4. The fraction of sp³-hybridized carbons (Fsp3) is 0.235. The predicted molar refractivity (Wildman–Crippen MR) is 82.3 cm³/mol. The van der Waals surface area contributed by atoms with Crippen molar-refractivity contribution in [2.75, 3.05) is 20.3 Å². The first-order chi connectivity index (χ1) is 11.4. The molecule has 7 heteroatoms. The van der Waals surface area contributed by atoms with Crippen LogP contribution in [0.1, 0.15) is 15.9 Å². The molecular weight excluding hydrogens is 323 g/mol. The minimum atomic E-state index is -4.42. The molecule has 1 amide bonds. The van der Waals surface area contributed by atoms with E-state index in [1.54, 1.807) is 31.4 Å². The van der Waals surface area contributed by atoms with E-state index in [0.29, 0.717) is 11.5 Å². The second kappa shape index (κ2) is 7.72. The van der Waals surface area contributed by atoms with Gasteiger partial charge in [0.2, 0.25) is 0 Å². The summed E-state index contributed by atoms with van der Waals surface area (Å²) in [5, 5.41) is 2.58. The van der Waals surface area contributed by atoms with E-state index in [0.717, 1.165) is 24.3 Å². The second-order valence-electron chi connectivity index (χ2n) is 4.86. The molecule has 2 aromatic rings. The molecule has 0 saturated heterocycles. The molecule has 4 nitrogen and oxygen atoms in total. The summed E-state index contributed by atoms with van der Waals surface area (Å²) in [6, 6.07) is 11.0. The van der Waals surface area contributed by atoms with Crippen LogP contribution in [0.2, 0.25) is 0 Å². The van der Waals surface area contributed by atoms with Gasteiger partial charge >= 0.3 is 6.18 Å². The first-order valence-electron chi connectivity index (χ1n) is 7.12. The molecule has 0 aromatic heterocycles. The van der Waals surface area contributed by atoms with E-state index in [-0.39, 0.29) is 18.7 Å². The molecule has 0 radical (unpaired) electrons. The summed E-state index contributed by atoms with van der Waals surface area (Å²) >= 11 is 0. The van der Waals surface area contributed by atoms with Crippen molar-refractivity contribution in [2.24, 2.45) is 0 Å². The fourth-order valence-corrected chi connectivity index (χ4v) is 1.92. The zero-order valence-corrected chi connectivity index (χ0v) is 12.9. The van der Waals surface area contributed by atoms with Crippen molar-refractivity contribution >= 4 is 5.91 Å². The number of nitrogens with one attached hydrogen (secondary N) is 1. The van der Waals surface area contributed by atoms with Crippen LogP contribution in [-0.2, 0) is 6.18 Å². The molecule has 24 heavy (non-hydrogen) atoms. The van der Waals surface area contributed by atoms with E-state index in [9.17, 15) is 18.0 Å². The van der Waals surface area contributed by atoms with Gasteiger partial charge in [-0.15, -0.1) is 0 Å². The van der Waals surface area contributed by atoms with Crippen LogP contribution in [0.5, 0.6) is 11.5 Å². The molecule has 0 atom stereocenters. The maximum atomic E-state index is 12.5. The number of amides is 1. The smallest absolute Gasteiger partial charge is 0.416 e. The quantitative estimate of drug-likeness (QED) is 0.819. The van der Waals surface area contributed by atoms with Crippen molar-refractivity contribution in [1.82, 2.24) is 5.32 Å². The first-order valence-corrected chi connectivity index (χ1v) is 7.12. The summed E-state index contributed by atoms with van der Waals surface area (Å²) < 4.78 is 47.8. The third kappa shape index (κ3) is 4.91. The molecule has 0 fully saturated rings. The van der Waals surface area contributed by atoms with Crippen LogP contribution in [0.4, 0.5) is 13.2 Å². The Morgan fingerprint density at radius 3 is 2.12 bits per heavy atom. The minimum absolute atomic E-state index is 0.160. The molecular formula is C17H16F3NO3. The monoisotopic (exact) mass is 339 g/mol. The van der Waals surface area contributed by atoms with Crippen LogP contribution in [0, 0.1) is 0 Å². The summed E-state index contributed by atoms with van der Waals surface area (Å²) in [4.78, 5) is 11.8. The van der Waals surface area contributed by atoms with Gasteiger partial charge in [0.15, 0.2) is 0 Å². The van der Waals surface area contributed by atoms with E-state index in [4.69, 9.17) is 9.47 Å². The summed E-state index contributed by atoms with van der Waals surface area (Å²) in [5.74, 6) is 0.875. The summed E-state index contributed by atoms with van der Waals surface area (Å²) in [7, 11) is 1.56. The summed E-state index contributed by atoms with van der Waals surface area (Å²) in [5.41, 5.74) is -0.630. The van der Waals surface area contributed by atoms with Gasteiger partial charge in [-0.05, 0) is 48.5 Å². The highest BCUT2D eigenvalue weighted by molar-refractivity contribution is 5.94. The summed E-state index contributed by atoms with van der Waals surface area (Å²) in [6.07, 6.45) is -4.42. The molecule has 2 aromatic carbocycles. The van der Waals surface area contributed by atoms with Crippen LogP contribution >= 0.6 is 0 Å². The molecule has 0 aliphatic rings. The van der Waals surface area contributed by atoms with Gasteiger partial charge in [-0.1, -0.05) is 0 Å². The van der Waals surface area contributed by atoms with Crippen molar-refractivity contribution in [1.29, 1.82) is 0 Å². The van der Waals surface area contributed by atoms with Gasteiger partial charge in [-0.25, -0.2) is 0 Å². The van der Waals surface area contributed by atoms with Crippen LogP contribution in [0.25, 0.3) is 0 Å². The largest absolute Gasteiger partial charge is 0.497 e. The number of rotatable bonds is 6. The number of carbonyl (C=O) groups excluding carboxylic acids is 1. The standard InChI is InChI=1S/C17H16F3NO3/c1-23-14-6-8-15(9-7-14)24-11-10-21-16(22)12-2-4-13(5-3-12)17(18,19)20/h2-9H,10-11H2,1H3,(H,21,22). The lowest BCUT2D eigenvalue weighted by Crippen LogP contribution is -2.28. The van der Waals surface area contributed by atoms with Gasteiger partial charge in [-0.3, -0.25) is 4.79 Å². The number of halogens is 3. The van der Waals surface area contributed by atoms with Gasteiger partial charge < -0.3 is 14.8 Å². The van der Waals surface area contributed by atoms with Crippen molar-refractivity contribution < 1.29 is 27.4 Å². The zero-order chi connectivity index (χ0) is 17.6. The predicted octanol–water partition coefficient (Wildman–Crippen LogP) is 3.52. The van der Waals surface area contributed by atoms with Crippen LogP contribution in [0.15, 0.2) is 48.5 Å². The molecule has 128 valence electrons. The molecule has 0 aliphatic carbocycles. The molecule has 0 saturated carbocycles. The fourth-order valence-electron chi connectivity index (χ4n) is 1.92. The number of alkyl halides is 3. The second-order valence-corrected chi connectivity index (χ2v) is 4.86. The van der Waals surface area contributed by atoms with Gasteiger partial charge in [-0.2, -0.15) is 13.2 Å². The van der Waals surface area contributed by atoms with Crippen LogP contribution in [0.3, 0.4) is 0 Å². The molecule has 0 aliphatic heterocycles. The zero-order valence-electron chi connectivity index (χ0n) is 12.9. The number of carbonyl (C=O) groups is 1. The van der Waals surface area contributed by atoms with Crippen LogP contribution in [-0.4, -0.2) is 26.2 Å². The van der Waals surface area contributed by atoms with E-state index < -0.39 is 17.6 Å². The van der Waals surface area contributed by atoms with Gasteiger partial charge in [0, 0.05) is 5.56 Å². The minimum Gasteiger partial charge on any atom is -0.497 e. The number of hydrogen-bond donors (Lipinski definition) is 1. The maximum absolute atomic E-state index is 12.5. The number of hydrogen-bond acceptors (Lipinski definition) is 3. The van der Waals surface area contributed by atoms with E-state index in [1.165, 1.54) is 0 Å². The Hall–Kier alpha value is -2.70. The van der Waals surface area contributed by atoms with E-state index >= 15 is 0 Å². The Morgan fingerprint density at radius 2 is 1.58 bits per heavy atom. The van der Waals surface area contributed by atoms with Gasteiger partial charge in [0.25, 0.3) is 5.91 Å². The summed E-state index contributed by atoms with van der Waals surface area (Å²) in [6.45, 7) is 0.463. The SMILES string of the molecule is COc1ccc(OCCNC(=O)c2ccc(C(F)(F)F)cc2)cc1. The lowest BCUT2D eigenvalue weighted by atomic mass is 10.1. The van der Waals surface area contributed by atoms with E-state index in [1.807, 2.05) is 0 Å². The van der Waals surface area contributed by atoms with Crippen LogP contribution < -0.4 is 14.8 Å². The lowest BCUT2D eigenvalue weighted by Gasteiger charge is -2.09. The first kappa shape index (κ1) is 17.7.